The molecule has 1 unspecified atom stereocenters. The number of nitrogens with two attached hydrogens (primary N) is 1. The van der Waals surface area contributed by atoms with Crippen LogP contribution < -0.4 is 15.2 Å². The number of nitrogens with zero attached hydrogens (tertiary/aromatic N) is 1. The van der Waals surface area contributed by atoms with E-state index in [0.29, 0.717) is 36.2 Å². The third-order valence-corrected chi connectivity index (χ3v) is 5.90. The molecule has 1 atom stereocenters. The van der Waals surface area contributed by atoms with Gasteiger partial charge >= 0.3 is 0 Å². The molecule has 0 radical (unpaired) electrons. The van der Waals surface area contributed by atoms with Gasteiger partial charge in [-0.25, -0.2) is 17.9 Å². The van der Waals surface area contributed by atoms with Crippen LogP contribution in [0.3, 0.4) is 0 Å². The molecule has 8 nitrogen and oxygen atoms in total. The van der Waals surface area contributed by atoms with Gasteiger partial charge in [0.15, 0.2) is 10.9 Å². The normalized spacial score (nSPS) is 16.6. The summed E-state index contributed by atoms with van der Waals surface area (Å²) in [6.07, 6.45) is -0.317. The van der Waals surface area contributed by atoms with Gasteiger partial charge in [0.25, 0.3) is 0 Å². The lowest BCUT2D eigenvalue weighted by atomic mass is 10.1. The number of ether oxygens (including phenoxy) is 2. The van der Waals surface area contributed by atoms with E-state index in [1.165, 1.54) is 31.2 Å². The molecular weight excluding hydrogens is 445 g/mol. The summed E-state index contributed by atoms with van der Waals surface area (Å²) in [4.78, 5) is 13.6. The maximum absolute atomic E-state index is 13.4. The van der Waals surface area contributed by atoms with E-state index in [9.17, 15) is 17.6 Å². The van der Waals surface area contributed by atoms with Crippen LogP contribution >= 0.6 is 12.2 Å². The lowest BCUT2D eigenvalue weighted by Crippen LogP contribution is -2.49. The van der Waals surface area contributed by atoms with Crippen molar-refractivity contribution in [1.29, 1.82) is 0 Å². The number of ketones is 1. The minimum Gasteiger partial charge on any atom is -0.490 e. The molecule has 1 aliphatic heterocycles. The van der Waals surface area contributed by atoms with Crippen LogP contribution in [0.4, 0.5) is 10.1 Å². The quantitative estimate of drug-likeness (QED) is 0.491. The van der Waals surface area contributed by atoms with Crippen molar-refractivity contribution < 1.29 is 27.1 Å². The number of nitrogens with one attached hydrogen (secondary N) is 1. The summed E-state index contributed by atoms with van der Waals surface area (Å²) in [6.45, 7) is 2.93. The lowest BCUT2D eigenvalue weighted by Gasteiger charge is -2.34. The number of hydrogen-bond donors (Lipinski definition) is 2. The SMILES string of the molecule is CC(=O)c1cc(F)ccc1OCC1CN(C(=S)Nc2ccc(S(N)(=O)=O)cc2)CCO1. The molecule has 1 aliphatic rings. The first kappa shape index (κ1) is 23.1. The molecule has 1 heterocycles. The van der Waals surface area contributed by atoms with E-state index in [4.69, 9.17) is 26.8 Å². The number of carbonyl (C=O) groups is 1. The van der Waals surface area contributed by atoms with Crippen molar-refractivity contribution in [3.05, 3.63) is 53.8 Å². The number of halogens is 1. The summed E-state index contributed by atoms with van der Waals surface area (Å²) in [5.41, 5.74) is 0.793. The van der Waals surface area contributed by atoms with E-state index in [2.05, 4.69) is 5.32 Å². The largest absolute Gasteiger partial charge is 0.490 e. The number of benzene rings is 2. The molecule has 0 bridgehead atoms. The van der Waals surface area contributed by atoms with E-state index >= 15 is 0 Å². The van der Waals surface area contributed by atoms with Gasteiger partial charge in [0.2, 0.25) is 10.0 Å². The van der Waals surface area contributed by atoms with Gasteiger partial charge in [-0.3, -0.25) is 4.79 Å². The Hall–Kier alpha value is -2.60. The Bertz CT molecular complexity index is 1080. The summed E-state index contributed by atoms with van der Waals surface area (Å²) in [5.74, 6) is -0.504. The second kappa shape index (κ2) is 9.69. The smallest absolute Gasteiger partial charge is 0.238 e. The van der Waals surface area contributed by atoms with Crippen LogP contribution in [0.2, 0.25) is 0 Å². The van der Waals surface area contributed by atoms with Gasteiger partial charge in [-0.05, 0) is 61.6 Å². The highest BCUT2D eigenvalue weighted by molar-refractivity contribution is 7.89. The van der Waals surface area contributed by atoms with E-state index in [1.54, 1.807) is 12.1 Å². The fourth-order valence-electron chi connectivity index (χ4n) is 3.02. The van der Waals surface area contributed by atoms with Crippen LogP contribution in [0.25, 0.3) is 0 Å². The average molecular weight is 468 g/mol. The Balaban J connectivity index is 1.58. The summed E-state index contributed by atoms with van der Waals surface area (Å²) in [5, 5.41) is 8.60. The highest BCUT2D eigenvalue weighted by Gasteiger charge is 2.24. The number of primary sulfonamides is 1. The van der Waals surface area contributed by atoms with Gasteiger partial charge in [-0.2, -0.15) is 0 Å². The molecular formula is C20H22FN3O5S2. The van der Waals surface area contributed by atoms with Crippen molar-refractivity contribution >= 4 is 38.8 Å². The zero-order valence-electron chi connectivity index (χ0n) is 16.7. The third-order valence-electron chi connectivity index (χ3n) is 4.61. The molecule has 0 aromatic heterocycles. The Labute approximate surface area is 185 Å². The van der Waals surface area contributed by atoms with Gasteiger partial charge in [0, 0.05) is 18.8 Å². The molecule has 1 fully saturated rings. The van der Waals surface area contributed by atoms with Crippen molar-refractivity contribution in [1.82, 2.24) is 4.90 Å². The van der Waals surface area contributed by atoms with Crippen molar-refractivity contribution in [3.63, 3.8) is 0 Å². The maximum atomic E-state index is 13.4. The van der Waals surface area contributed by atoms with Crippen molar-refractivity contribution in [2.75, 3.05) is 31.6 Å². The minimum absolute atomic E-state index is 0.0123. The van der Waals surface area contributed by atoms with E-state index in [0.717, 1.165) is 6.07 Å². The maximum Gasteiger partial charge on any atom is 0.238 e. The zero-order chi connectivity index (χ0) is 22.6. The fraction of sp³-hybridized carbons (Fsp3) is 0.300. The highest BCUT2D eigenvalue weighted by atomic mass is 32.2. The number of hydrogen-bond acceptors (Lipinski definition) is 6. The first-order valence-electron chi connectivity index (χ1n) is 9.37. The molecule has 0 aliphatic carbocycles. The fourth-order valence-corrected chi connectivity index (χ4v) is 3.82. The van der Waals surface area contributed by atoms with Gasteiger partial charge in [0.1, 0.15) is 24.3 Å². The van der Waals surface area contributed by atoms with Crippen LogP contribution in [0.15, 0.2) is 47.4 Å². The molecule has 0 spiro atoms. The number of Topliss-reactive ketones (excluding diaryl/α,β-unsaturated/α-hetero) is 1. The standard InChI is InChI=1S/C20H22FN3O5S2/c1-13(25)18-10-14(21)2-7-19(18)29-12-16-11-24(8-9-28-16)20(30)23-15-3-5-17(6-4-15)31(22,26)27/h2-7,10,16H,8-9,11-12H2,1H3,(H,23,30)(H2,22,26,27). The average Bonchev–Trinajstić information content (AvgIpc) is 2.72. The predicted molar refractivity (Wildman–Crippen MR) is 117 cm³/mol. The van der Waals surface area contributed by atoms with Gasteiger partial charge < -0.3 is 19.7 Å². The van der Waals surface area contributed by atoms with Crippen molar-refractivity contribution in [2.45, 2.75) is 17.9 Å². The Morgan fingerprint density at radius 1 is 1.32 bits per heavy atom. The third kappa shape index (κ3) is 6.20. The number of sulfonamides is 1. The highest BCUT2D eigenvalue weighted by Crippen LogP contribution is 2.21. The van der Waals surface area contributed by atoms with Crippen LogP contribution in [-0.4, -0.2) is 56.6 Å². The summed E-state index contributed by atoms with van der Waals surface area (Å²) >= 11 is 5.45. The lowest BCUT2D eigenvalue weighted by molar-refractivity contribution is -0.0281. The number of rotatable bonds is 6. The number of anilines is 1. The topological polar surface area (TPSA) is 111 Å². The van der Waals surface area contributed by atoms with Crippen LogP contribution in [-0.2, 0) is 14.8 Å². The molecule has 2 aromatic rings. The second-order valence-electron chi connectivity index (χ2n) is 6.95. The number of morpholine rings is 1. The Morgan fingerprint density at radius 3 is 2.68 bits per heavy atom. The van der Waals surface area contributed by atoms with Crippen LogP contribution in [0.1, 0.15) is 17.3 Å². The molecule has 3 rings (SSSR count). The minimum atomic E-state index is -3.76. The summed E-state index contributed by atoms with van der Waals surface area (Å²) in [6, 6.07) is 9.74. The summed E-state index contributed by atoms with van der Waals surface area (Å²) < 4.78 is 47.5. The van der Waals surface area contributed by atoms with Gasteiger partial charge in [-0.1, -0.05) is 0 Å². The molecule has 0 saturated carbocycles. The molecule has 3 N–H and O–H groups in total. The second-order valence-corrected chi connectivity index (χ2v) is 8.89. The van der Waals surface area contributed by atoms with Crippen LogP contribution in [0, 0.1) is 5.82 Å². The van der Waals surface area contributed by atoms with Crippen LogP contribution in [0.5, 0.6) is 5.75 Å². The molecule has 0 amide bonds. The Kier molecular flexibility index (Phi) is 7.21. The molecule has 1 saturated heterocycles. The van der Waals surface area contributed by atoms with Gasteiger partial charge in [0.05, 0.1) is 17.1 Å². The van der Waals surface area contributed by atoms with E-state index < -0.39 is 15.8 Å². The first-order chi connectivity index (χ1) is 14.6. The first-order valence-corrected chi connectivity index (χ1v) is 11.3. The van der Waals surface area contributed by atoms with E-state index in [-0.39, 0.29) is 29.0 Å². The van der Waals surface area contributed by atoms with Gasteiger partial charge in [-0.15, -0.1) is 0 Å². The van der Waals surface area contributed by atoms with E-state index in [1.807, 2.05) is 4.90 Å². The molecule has 11 heteroatoms. The Morgan fingerprint density at radius 2 is 2.03 bits per heavy atom. The number of thiocarbonyl (C=S) groups is 1. The molecule has 2 aromatic carbocycles. The summed E-state index contributed by atoms with van der Waals surface area (Å²) in [7, 11) is -3.76. The predicted octanol–water partition coefficient (Wildman–Crippen LogP) is 2.15. The van der Waals surface area contributed by atoms with Crippen molar-refractivity contribution in [3.8, 4) is 5.75 Å². The molecule has 31 heavy (non-hydrogen) atoms. The zero-order valence-corrected chi connectivity index (χ0v) is 18.3. The number of carbonyl (C=O) groups excluding carboxylic acids is 1. The van der Waals surface area contributed by atoms with Crippen molar-refractivity contribution in [2.24, 2.45) is 5.14 Å². The monoisotopic (exact) mass is 467 g/mol. The molecule has 166 valence electrons.